The molecule has 0 saturated heterocycles. The van der Waals surface area contributed by atoms with Gasteiger partial charge < -0.3 is 26.0 Å². The van der Waals surface area contributed by atoms with Crippen LogP contribution >= 0.6 is 0 Å². The van der Waals surface area contributed by atoms with Crippen molar-refractivity contribution in [1.82, 2.24) is 15.5 Å². The zero-order valence-electron chi connectivity index (χ0n) is 24.0. The molecule has 4 amide bonds. The van der Waals surface area contributed by atoms with E-state index in [1.807, 2.05) is 59.7 Å². The third kappa shape index (κ3) is 10.4. The van der Waals surface area contributed by atoms with E-state index in [0.717, 1.165) is 24.0 Å². The summed E-state index contributed by atoms with van der Waals surface area (Å²) < 4.78 is 5.36. The van der Waals surface area contributed by atoms with Gasteiger partial charge in [-0.1, -0.05) is 31.5 Å². The molecule has 9 heteroatoms. The molecule has 0 bridgehead atoms. The van der Waals surface area contributed by atoms with Gasteiger partial charge in [0, 0.05) is 18.5 Å². The van der Waals surface area contributed by atoms with Gasteiger partial charge in [-0.2, -0.15) is 0 Å². The second-order valence-electron chi connectivity index (χ2n) is 11.5. The number of nitrogens with one attached hydrogen (secondary N) is 2. The largest absolute Gasteiger partial charge is 0.444 e. The van der Waals surface area contributed by atoms with Gasteiger partial charge in [0.2, 0.25) is 17.7 Å². The minimum Gasteiger partial charge on any atom is -0.444 e. The fourth-order valence-electron chi connectivity index (χ4n) is 3.84. The molecule has 1 aromatic carbocycles. The minimum atomic E-state index is -1.13. The number of amides is 4. The maximum atomic E-state index is 14.1. The maximum Gasteiger partial charge on any atom is 0.408 e. The molecule has 208 valence electrons. The highest BCUT2D eigenvalue weighted by Gasteiger charge is 2.42. The van der Waals surface area contributed by atoms with Crippen LogP contribution in [0.25, 0.3) is 0 Å². The van der Waals surface area contributed by atoms with Crippen LogP contribution in [-0.2, 0) is 19.1 Å². The van der Waals surface area contributed by atoms with Crippen molar-refractivity contribution < 1.29 is 23.9 Å². The molecule has 0 fully saturated rings. The lowest BCUT2D eigenvalue weighted by atomic mass is 9.93. The summed E-state index contributed by atoms with van der Waals surface area (Å²) in [4.78, 5) is 53.4. The zero-order valence-corrected chi connectivity index (χ0v) is 24.0. The quantitative estimate of drug-likeness (QED) is 0.381. The number of unbranched alkanes of at least 4 members (excludes halogenated alkanes) is 1. The molecule has 0 aliphatic rings. The number of primary amides is 1. The molecule has 9 nitrogen and oxygen atoms in total. The molecule has 2 unspecified atom stereocenters. The first-order valence-corrected chi connectivity index (χ1v) is 12.9. The third-order valence-electron chi connectivity index (χ3n) is 5.81. The number of carbonyl (C=O) groups is 4. The van der Waals surface area contributed by atoms with Gasteiger partial charge in [-0.25, -0.2) is 4.79 Å². The maximum absolute atomic E-state index is 14.1. The lowest BCUT2D eigenvalue weighted by Crippen LogP contribution is -2.58. The number of nitrogens with zero attached hydrogens (tertiary/aromatic N) is 1. The second kappa shape index (κ2) is 13.4. The van der Waals surface area contributed by atoms with Crippen molar-refractivity contribution in [3.05, 3.63) is 34.9 Å². The van der Waals surface area contributed by atoms with Crippen LogP contribution in [0.3, 0.4) is 0 Å². The summed E-state index contributed by atoms with van der Waals surface area (Å²) in [6.45, 7) is 17.1. The van der Waals surface area contributed by atoms with Crippen LogP contribution in [0, 0.1) is 13.8 Å². The molecule has 4 N–H and O–H groups in total. The van der Waals surface area contributed by atoms with Crippen LogP contribution in [-0.4, -0.2) is 52.4 Å². The summed E-state index contributed by atoms with van der Waals surface area (Å²) in [6, 6.07) is 3.59. The van der Waals surface area contributed by atoms with Gasteiger partial charge in [0.05, 0.1) is 0 Å². The van der Waals surface area contributed by atoms with Gasteiger partial charge in [0.1, 0.15) is 17.7 Å². The van der Waals surface area contributed by atoms with Crippen molar-refractivity contribution in [1.29, 1.82) is 0 Å². The number of rotatable bonds is 11. The van der Waals surface area contributed by atoms with Crippen molar-refractivity contribution in [2.45, 2.75) is 111 Å². The summed E-state index contributed by atoms with van der Waals surface area (Å²) in [5, 5.41) is 5.57. The highest BCUT2D eigenvalue weighted by molar-refractivity contribution is 5.93. The Morgan fingerprint density at radius 1 is 1.03 bits per heavy atom. The van der Waals surface area contributed by atoms with Crippen LogP contribution in [0.5, 0.6) is 0 Å². The van der Waals surface area contributed by atoms with Crippen molar-refractivity contribution in [2.24, 2.45) is 5.73 Å². The normalized spacial score (nSPS) is 13.3. The summed E-state index contributed by atoms with van der Waals surface area (Å²) in [5.74, 6) is -1.42. The van der Waals surface area contributed by atoms with E-state index >= 15 is 0 Å². The van der Waals surface area contributed by atoms with Crippen molar-refractivity contribution in [3.8, 4) is 0 Å². The molecule has 0 spiro atoms. The van der Waals surface area contributed by atoms with Gasteiger partial charge in [-0.15, -0.1) is 0 Å². The number of alkyl carbamates (subject to hydrolysis) is 1. The Morgan fingerprint density at radius 3 is 2.14 bits per heavy atom. The predicted molar refractivity (Wildman–Crippen MR) is 145 cm³/mol. The molecule has 0 heterocycles. The third-order valence-corrected chi connectivity index (χ3v) is 5.81. The van der Waals surface area contributed by atoms with E-state index in [2.05, 4.69) is 10.6 Å². The average molecular weight is 519 g/mol. The zero-order chi connectivity index (χ0) is 28.6. The fourth-order valence-corrected chi connectivity index (χ4v) is 3.84. The molecule has 0 radical (unpaired) electrons. The van der Waals surface area contributed by atoms with Crippen LogP contribution in [0.15, 0.2) is 18.2 Å². The Labute approximate surface area is 221 Å². The monoisotopic (exact) mass is 518 g/mol. The standard InChI is InChI=1S/C28H46N4O5/c1-10-11-16-30-24(34)23(20-13-12-18(2)19(3)17-20)32(27(4,5)6)25(35)21(14-15-22(29)33)31-26(36)37-28(7,8)9/h12-13,17,21,23H,10-11,14-16H2,1-9H3,(H2,29,33)(H,30,34)(H,31,36). The van der Waals surface area contributed by atoms with Crippen LogP contribution in [0.1, 0.15) is 96.9 Å². The molecule has 1 aromatic rings. The molecule has 0 saturated carbocycles. The van der Waals surface area contributed by atoms with Crippen molar-refractivity contribution >= 4 is 23.8 Å². The molecular formula is C28H46N4O5. The summed E-state index contributed by atoms with van der Waals surface area (Å²) in [5.41, 5.74) is 6.47. The van der Waals surface area contributed by atoms with Gasteiger partial charge in [0.25, 0.3) is 0 Å². The second-order valence-corrected chi connectivity index (χ2v) is 11.5. The molecule has 0 aromatic heterocycles. The molecule has 37 heavy (non-hydrogen) atoms. The molecule has 0 aliphatic heterocycles. The number of aryl methyl sites for hydroxylation is 2. The van der Waals surface area contributed by atoms with E-state index in [1.54, 1.807) is 20.8 Å². The number of benzene rings is 1. The first-order chi connectivity index (χ1) is 17.0. The SMILES string of the molecule is CCCCNC(=O)C(c1ccc(C)c(C)c1)N(C(=O)C(CCC(N)=O)NC(=O)OC(C)(C)C)C(C)(C)C. The minimum absolute atomic E-state index is 0.0307. The predicted octanol–water partition coefficient (Wildman–Crippen LogP) is 4.05. The van der Waals surface area contributed by atoms with Gasteiger partial charge >= 0.3 is 6.09 Å². The van der Waals surface area contributed by atoms with Crippen LogP contribution in [0.2, 0.25) is 0 Å². The summed E-state index contributed by atoms with van der Waals surface area (Å²) in [6.07, 6.45) is 0.763. The molecular weight excluding hydrogens is 472 g/mol. The first kappa shape index (κ1) is 31.9. The van der Waals surface area contributed by atoms with Gasteiger partial charge in [-0.3, -0.25) is 14.4 Å². The topological polar surface area (TPSA) is 131 Å². The Bertz CT molecular complexity index is 962. The van der Waals surface area contributed by atoms with Crippen molar-refractivity contribution in [2.75, 3.05) is 6.54 Å². The van der Waals surface area contributed by atoms with Crippen LogP contribution in [0.4, 0.5) is 4.79 Å². The van der Waals surface area contributed by atoms with Crippen LogP contribution < -0.4 is 16.4 Å². The highest BCUT2D eigenvalue weighted by atomic mass is 16.6. The molecule has 0 aliphatic carbocycles. The van der Waals surface area contributed by atoms with E-state index in [1.165, 1.54) is 4.90 Å². The average Bonchev–Trinajstić information content (AvgIpc) is 2.74. The van der Waals surface area contributed by atoms with E-state index < -0.39 is 41.1 Å². The number of ether oxygens (including phenoxy) is 1. The number of carbonyl (C=O) groups excluding carboxylic acids is 4. The lowest BCUT2D eigenvalue weighted by molar-refractivity contribution is -0.148. The van der Waals surface area contributed by atoms with Gasteiger partial charge in [0.15, 0.2) is 0 Å². The van der Waals surface area contributed by atoms with E-state index in [9.17, 15) is 19.2 Å². The smallest absolute Gasteiger partial charge is 0.408 e. The summed E-state index contributed by atoms with van der Waals surface area (Å²) >= 11 is 0. The fraction of sp³-hybridized carbons (Fsp3) is 0.643. The first-order valence-electron chi connectivity index (χ1n) is 12.9. The van der Waals surface area contributed by atoms with Gasteiger partial charge in [-0.05, 0) is 84.9 Å². The Morgan fingerprint density at radius 2 is 1.65 bits per heavy atom. The highest BCUT2D eigenvalue weighted by Crippen LogP contribution is 2.31. The number of nitrogens with two attached hydrogens (primary N) is 1. The lowest BCUT2D eigenvalue weighted by Gasteiger charge is -2.43. The Hall–Kier alpha value is -3.10. The summed E-state index contributed by atoms with van der Waals surface area (Å²) in [7, 11) is 0. The van der Waals surface area contributed by atoms with E-state index in [-0.39, 0.29) is 18.7 Å². The van der Waals surface area contributed by atoms with Crippen molar-refractivity contribution in [3.63, 3.8) is 0 Å². The number of hydrogen-bond donors (Lipinski definition) is 3. The Kier molecular flexibility index (Phi) is 11.6. The molecule has 1 rings (SSSR count). The Balaban J connectivity index is 3.58. The number of hydrogen-bond acceptors (Lipinski definition) is 5. The van der Waals surface area contributed by atoms with E-state index in [4.69, 9.17) is 10.5 Å². The molecule has 2 atom stereocenters. The van der Waals surface area contributed by atoms with E-state index in [0.29, 0.717) is 12.1 Å².